The summed E-state index contributed by atoms with van der Waals surface area (Å²) in [6.07, 6.45) is 10.1. The van der Waals surface area contributed by atoms with Crippen LogP contribution < -0.4 is 5.32 Å². The molecule has 0 unspecified atom stereocenters. The van der Waals surface area contributed by atoms with Gasteiger partial charge in [-0.25, -0.2) is 4.98 Å². The lowest BCUT2D eigenvalue weighted by atomic mass is 10.0. The van der Waals surface area contributed by atoms with Gasteiger partial charge in [-0.2, -0.15) is 5.10 Å². The molecule has 1 atom stereocenters. The van der Waals surface area contributed by atoms with Gasteiger partial charge in [0.05, 0.1) is 6.54 Å². The smallest absolute Gasteiger partial charge is 0.225 e. The molecule has 122 valence electrons. The van der Waals surface area contributed by atoms with Crippen LogP contribution >= 0.6 is 0 Å². The second-order valence-corrected chi connectivity index (χ2v) is 6.77. The van der Waals surface area contributed by atoms with Crippen LogP contribution in [0.15, 0.2) is 12.7 Å². The molecule has 3 rings (SSSR count). The van der Waals surface area contributed by atoms with Crippen molar-refractivity contribution in [3.05, 3.63) is 12.7 Å². The van der Waals surface area contributed by atoms with Crippen LogP contribution in [-0.2, 0) is 11.3 Å². The van der Waals surface area contributed by atoms with Gasteiger partial charge in [-0.15, -0.1) is 0 Å². The summed E-state index contributed by atoms with van der Waals surface area (Å²) in [5.41, 5.74) is 0. The van der Waals surface area contributed by atoms with Crippen molar-refractivity contribution in [2.75, 3.05) is 13.1 Å². The third-order valence-corrected chi connectivity index (χ3v) is 4.96. The Kier molecular flexibility index (Phi) is 5.08. The fourth-order valence-electron chi connectivity index (χ4n) is 3.76. The van der Waals surface area contributed by atoms with Crippen molar-refractivity contribution in [2.24, 2.45) is 5.92 Å². The maximum absolute atomic E-state index is 12.4. The van der Waals surface area contributed by atoms with E-state index >= 15 is 0 Å². The van der Waals surface area contributed by atoms with Gasteiger partial charge in [0, 0.05) is 31.1 Å². The molecule has 1 aliphatic carbocycles. The Morgan fingerprint density at radius 1 is 1.27 bits per heavy atom. The monoisotopic (exact) mass is 305 g/mol. The van der Waals surface area contributed by atoms with Gasteiger partial charge in [-0.1, -0.05) is 12.8 Å². The average molecular weight is 305 g/mol. The third kappa shape index (κ3) is 3.85. The summed E-state index contributed by atoms with van der Waals surface area (Å²) in [5.74, 6) is 0.724. The molecular weight excluding hydrogens is 278 g/mol. The zero-order valence-electron chi connectivity index (χ0n) is 13.4. The number of nitrogens with zero attached hydrogens (tertiary/aromatic N) is 4. The number of carbonyl (C=O) groups is 1. The van der Waals surface area contributed by atoms with Gasteiger partial charge >= 0.3 is 0 Å². The first-order valence-electron chi connectivity index (χ1n) is 8.59. The number of likely N-dealkylation sites (tertiary alicyclic amines) is 1. The Labute approximate surface area is 132 Å². The van der Waals surface area contributed by atoms with Crippen molar-refractivity contribution >= 4 is 5.91 Å². The number of aromatic nitrogens is 3. The summed E-state index contributed by atoms with van der Waals surface area (Å²) < 4.78 is 1.86. The molecule has 1 aliphatic heterocycles. The molecule has 22 heavy (non-hydrogen) atoms. The van der Waals surface area contributed by atoms with Gasteiger partial charge in [-0.3, -0.25) is 9.48 Å². The van der Waals surface area contributed by atoms with E-state index < -0.39 is 0 Å². The van der Waals surface area contributed by atoms with Gasteiger partial charge in [0.2, 0.25) is 5.91 Å². The fourth-order valence-corrected chi connectivity index (χ4v) is 3.76. The lowest BCUT2D eigenvalue weighted by molar-refractivity contribution is -0.136. The van der Waals surface area contributed by atoms with E-state index in [4.69, 9.17) is 0 Å². The van der Waals surface area contributed by atoms with E-state index in [-0.39, 0.29) is 0 Å². The van der Waals surface area contributed by atoms with E-state index in [0.717, 1.165) is 45.3 Å². The molecule has 2 fully saturated rings. The van der Waals surface area contributed by atoms with E-state index in [2.05, 4.69) is 27.2 Å². The van der Waals surface area contributed by atoms with E-state index in [1.807, 2.05) is 4.68 Å². The van der Waals surface area contributed by atoms with E-state index in [1.165, 1.54) is 12.8 Å². The lowest BCUT2D eigenvalue weighted by Crippen LogP contribution is -2.49. The van der Waals surface area contributed by atoms with E-state index in [9.17, 15) is 4.79 Å². The van der Waals surface area contributed by atoms with Crippen LogP contribution in [0.2, 0.25) is 0 Å². The minimum absolute atomic E-state index is 0.316. The van der Waals surface area contributed by atoms with Gasteiger partial charge < -0.3 is 10.2 Å². The Balaban J connectivity index is 1.40. The average Bonchev–Trinajstić information content (AvgIpc) is 3.20. The van der Waals surface area contributed by atoms with Crippen molar-refractivity contribution < 1.29 is 4.79 Å². The van der Waals surface area contributed by atoms with Crippen molar-refractivity contribution in [3.8, 4) is 0 Å². The number of piperidine rings is 1. The minimum atomic E-state index is 0.316. The molecule has 1 saturated carbocycles. The molecule has 0 aromatic carbocycles. The standard InChI is InChI=1S/C16H27N5O/c1-13(10-21-12-17-11-18-21)19-15-6-8-20(9-7-15)16(22)14-4-2-3-5-14/h11-15,19H,2-10H2,1H3/t13-/m0/s1. The molecule has 1 N–H and O–H groups in total. The summed E-state index contributed by atoms with van der Waals surface area (Å²) in [6, 6.07) is 0.870. The number of rotatable bonds is 5. The Bertz CT molecular complexity index is 461. The second-order valence-electron chi connectivity index (χ2n) is 6.77. The fraction of sp³-hybridized carbons (Fsp3) is 0.812. The summed E-state index contributed by atoms with van der Waals surface area (Å²) in [7, 11) is 0. The molecule has 6 nitrogen and oxygen atoms in total. The molecule has 1 saturated heterocycles. The van der Waals surface area contributed by atoms with Crippen LogP contribution in [0.25, 0.3) is 0 Å². The molecule has 1 aromatic rings. The van der Waals surface area contributed by atoms with Crippen molar-refractivity contribution in [3.63, 3.8) is 0 Å². The van der Waals surface area contributed by atoms with Crippen LogP contribution in [-0.4, -0.2) is 50.7 Å². The molecule has 0 radical (unpaired) electrons. The van der Waals surface area contributed by atoms with Crippen molar-refractivity contribution in [1.82, 2.24) is 25.0 Å². The number of hydrogen-bond acceptors (Lipinski definition) is 4. The van der Waals surface area contributed by atoms with Gasteiger partial charge in [-0.05, 0) is 32.6 Å². The first kappa shape index (κ1) is 15.5. The molecule has 2 aliphatic rings. The first-order valence-corrected chi connectivity index (χ1v) is 8.59. The maximum atomic E-state index is 12.4. The number of carbonyl (C=O) groups excluding carboxylic acids is 1. The highest BCUT2D eigenvalue weighted by molar-refractivity contribution is 5.79. The largest absolute Gasteiger partial charge is 0.342 e. The third-order valence-electron chi connectivity index (χ3n) is 4.96. The summed E-state index contributed by atoms with van der Waals surface area (Å²) >= 11 is 0. The zero-order valence-corrected chi connectivity index (χ0v) is 13.4. The molecule has 1 amide bonds. The van der Waals surface area contributed by atoms with Crippen LogP contribution in [0.1, 0.15) is 45.4 Å². The first-order chi connectivity index (χ1) is 10.7. The highest BCUT2D eigenvalue weighted by Crippen LogP contribution is 2.27. The van der Waals surface area contributed by atoms with Crippen molar-refractivity contribution in [1.29, 1.82) is 0 Å². The zero-order chi connectivity index (χ0) is 15.4. The summed E-state index contributed by atoms with van der Waals surface area (Å²) in [5, 5.41) is 7.80. The topological polar surface area (TPSA) is 63.1 Å². The van der Waals surface area contributed by atoms with Crippen molar-refractivity contribution in [2.45, 2.75) is 64.1 Å². The maximum Gasteiger partial charge on any atom is 0.225 e. The summed E-state index contributed by atoms with van der Waals surface area (Å²) in [4.78, 5) is 18.5. The number of nitrogens with one attached hydrogen (secondary N) is 1. The molecular formula is C16H27N5O. The Morgan fingerprint density at radius 2 is 2.00 bits per heavy atom. The van der Waals surface area contributed by atoms with E-state index in [0.29, 0.717) is 23.9 Å². The predicted molar refractivity (Wildman–Crippen MR) is 84.2 cm³/mol. The molecule has 1 aromatic heterocycles. The van der Waals surface area contributed by atoms with Gasteiger partial charge in [0.25, 0.3) is 0 Å². The number of hydrogen-bond donors (Lipinski definition) is 1. The van der Waals surface area contributed by atoms with Crippen LogP contribution in [0.5, 0.6) is 0 Å². The van der Waals surface area contributed by atoms with Crippen LogP contribution in [0, 0.1) is 5.92 Å². The summed E-state index contributed by atoms with van der Waals surface area (Å²) in [6.45, 7) is 4.82. The normalized spacial score (nSPS) is 22.1. The van der Waals surface area contributed by atoms with Gasteiger partial charge in [0.15, 0.2) is 0 Å². The predicted octanol–water partition coefficient (Wildman–Crippen LogP) is 1.44. The van der Waals surface area contributed by atoms with Crippen LogP contribution in [0.3, 0.4) is 0 Å². The molecule has 2 heterocycles. The number of amides is 1. The highest BCUT2D eigenvalue weighted by atomic mass is 16.2. The Hall–Kier alpha value is -1.43. The van der Waals surface area contributed by atoms with Crippen LogP contribution in [0.4, 0.5) is 0 Å². The molecule has 6 heteroatoms. The quantitative estimate of drug-likeness (QED) is 0.894. The SMILES string of the molecule is C[C@@H](Cn1cncn1)NC1CCN(C(=O)C2CCCC2)CC1. The second kappa shape index (κ2) is 7.22. The van der Waals surface area contributed by atoms with Gasteiger partial charge in [0.1, 0.15) is 12.7 Å². The highest BCUT2D eigenvalue weighted by Gasteiger charge is 2.30. The lowest BCUT2D eigenvalue weighted by Gasteiger charge is -2.35. The molecule has 0 spiro atoms. The van der Waals surface area contributed by atoms with E-state index in [1.54, 1.807) is 12.7 Å². The Morgan fingerprint density at radius 3 is 2.64 bits per heavy atom. The molecule has 0 bridgehead atoms. The minimum Gasteiger partial charge on any atom is -0.342 e.